The molecule has 138 valence electrons. The molecule has 0 atom stereocenters. The minimum absolute atomic E-state index is 0.131. The predicted molar refractivity (Wildman–Crippen MR) is 94.8 cm³/mol. The number of nitrogens with one attached hydrogen (secondary N) is 1. The lowest BCUT2D eigenvalue weighted by Gasteiger charge is -2.26. The van der Waals surface area contributed by atoms with Crippen LogP contribution in [0.5, 0.6) is 0 Å². The van der Waals surface area contributed by atoms with Crippen LogP contribution in [0.1, 0.15) is 35.2 Å². The largest absolute Gasteiger partial charge is 0.347 e. The zero-order valence-corrected chi connectivity index (χ0v) is 15.7. The second-order valence-corrected chi connectivity index (χ2v) is 8.32. The van der Waals surface area contributed by atoms with Crippen molar-refractivity contribution in [1.82, 2.24) is 14.5 Å². The minimum atomic E-state index is -3.62. The third kappa shape index (κ3) is 4.58. The maximum Gasteiger partial charge on any atom is 0.251 e. The zero-order chi connectivity index (χ0) is 18.6. The summed E-state index contributed by atoms with van der Waals surface area (Å²) in [6, 6.07) is 4.59. The van der Waals surface area contributed by atoms with Crippen LogP contribution in [-0.2, 0) is 14.8 Å². The molecule has 1 aromatic carbocycles. The van der Waals surface area contributed by atoms with Gasteiger partial charge in [-0.05, 0) is 37.5 Å². The van der Waals surface area contributed by atoms with Crippen LogP contribution in [0, 0.1) is 6.92 Å². The standard InChI is InChI=1S/C17H25N3O4S/c1-13-7-8-14(17(22)18-12-16(21)19(2)3)11-15(13)25(23,24)20-9-5-4-6-10-20/h7-8,11H,4-6,9-10,12H2,1-3H3,(H,18,22). The Morgan fingerprint density at radius 3 is 2.40 bits per heavy atom. The average molecular weight is 367 g/mol. The van der Waals surface area contributed by atoms with E-state index in [0.29, 0.717) is 18.7 Å². The number of piperidine rings is 1. The van der Waals surface area contributed by atoms with E-state index in [-0.39, 0.29) is 22.9 Å². The maximum absolute atomic E-state index is 12.9. The number of aryl methyl sites for hydroxylation is 1. The summed E-state index contributed by atoms with van der Waals surface area (Å²) in [5, 5.41) is 2.52. The number of rotatable bonds is 5. The Bertz CT molecular complexity index is 753. The summed E-state index contributed by atoms with van der Waals surface area (Å²) in [4.78, 5) is 25.4. The fourth-order valence-electron chi connectivity index (χ4n) is 2.68. The Balaban J connectivity index is 2.22. The van der Waals surface area contributed by atoms with E-state index in [1.165, 1.54) is 15.3 Å². The summed E-state index contributed by atoms with van der Waals surface area (Å²) in [6.07, 6.45) is 2.74. The molecule has 25 heavy (non-hydrogen) atoms. The molecule has 1 aliphatic heterocycles. The zero-order valence-electron chi connectivity index (χ0n) is 14.9. The van der Waals surface area contributed by atoms with Gasteiger partial charge >= 0.3 is 0 Å². The van der Waals surface area contributed by atoms with E-state index < -0.39 is 15.9 Å². The molecule has 2 amide bonds. The lowest BCUT2D eigenvalue weighted by molar-refractivity contribution is -0.127. The van der Waals surface area contributed by atoms with Crippen molar-refractivity contribution in [3.8, 4) is 0 Å². The molecular formula is C17H25N3O4S. The molecule has 1 N–H and O–H groups in total. The molecule has 1 saturated heterocycles. The Hall–Kier alpha value is -1.93. The van der Waals surface area contributed by atoms with Gasteiger partial charge in [-0.25, -0.2) is 8.42 Å². The first-order valence-corrected chi connectivity index (χ1v) is 9.76. The first-order valence-electron chi connectivity index (χ1n) is 8.32. The van der Waals surface area contributed by atoms with Crippen molar-refractivity contribution < 1.29 is 18.0 Å². The van der Waals surface area contributed by atoms with Gasteiger partial charge in [-0.3, -0.25) is 9.59 Å². The smallest absolute Gasteiger partial charge is 0.251 e. The van der Waals surface area contributed by atoms with E-state index >= 15 is 0 Å². The Morgan fingerprint density at radius 1 is 1.16 bits per heavy atom. The van der Waals surface area contributed by atoms with Crippen LogP contribution in [0.3, 0.4) is 0 Å². The molecule has 0 bridgehead atoms. The van der Waals surface area contributed by atoms with Gasteiger partial charge in [-0.2, -0.15) is 4.31 Å². The number of carbonyl (C=O) groups excluding carboxylic acids is 2. The molecule has 2 rings (SSSR count). The van der Waals surface area contributed by atoms with Gasteiger partial charge in [-0.15, -0.1) is 0 Å². The summed E-state index contributed by atoms with van der Waals surface area (Å²) in [7, 11) is -0.414. The van der Waals surface area contributed by atoms with Crippen molar-refractivity contribution in [1.29, 1.82) is 0 Å². The summed E-state index contributed by atoms with van der Waals surface area (Å²) in [6.45, 7) is 2.60. The summed E-state index contributed by atoms with van der Waals surface area (Å²) in [5.41, 5.74) is 0.833. The van der Waals surface area contributed by atoms with Gasteiger partial charge in [0.2, 0.25) is 15.9 Å². The molecule has 1 heterocycles. The van der Waals surface area contributed by atoms with Crippen molar-refractivity contribution in [2.24, 2.45) is 0 Å². The van der Waals surface area contributed by atoms with Gasteiger partial charge in [0.15, 0.2) is 0 Å². The van der Waals surface area contributed by atoms with Gasteiger partial charge in [0, 0.05) is 32.7 Å². The molecule has 8 heteroatoms. The van der Waals surface area contributed by atoms with Gasteiger partial charge in [0.1, 0.15) is 0 Å². The number of sulfonamides is 1. The van der Waals surface area contributed by atoms with Gasteiger partial charge < -0.3 is 10.2 Å². The number of carbonyl (C=O) groups is 2. The monoisotopic (exact) mass is 367 g/mol. The minimum Gasteiger partial charge on any atom is -0.347 e. The number of hydrogen-bond acceptors (Lipinski definition) is 4. The highest BCUT2D eigenvalue weighted by Crippen LogP contribution is 2.24. The van der Waals surface area contributed by atoms with Crippen molar-refractivity contribution in [3.05, 3.63) is 29.3 Å². The van der Waals surface area contributed by atoms with Crippen molar-refractivity contribution in [3.63, 3.8) is 0 Å². The fourth-order valence-corrected chi connectivity index (χ4v) is 4.45. The van der Waals surface area contributed by atoms with Crippen molar-refractivity contribution in [2.45, 2.75) is 31.1 Å². The third-order valence-corrected chi connectivity index (χ3v) is 6.32. The van der Waals surface area contributed by atoms with Gasteiger partial charge in [0.05, 0.1) is 11.4 Å². The molecule has 0 spiro atoms. The van der Waals surface area contributed by atoms with E-state index in [2.05, 4.69) is 5.32 Å². The average Bonchev–Trinajstić information content (AvgIpc) is 2.60. The van der Waals surface area contributed by atoms with Crippen LogP contribution in [0.25, 0.3) is 0 Å². The number of amides is 2. The summed E-state index contributed by atoms with van der Waals surface area (Å²) >= 11 is 0. The van der Waals surface area contributed by atoms with Gasteiger partial charge in [0.25, 0.3) is 5.91 Å². The molecule has 0 aliphatic carbocycles. The van der Waals surface area contributed by atoms with E-state index in [1.807, 2.05) is 0 Å². The molecule has 0 saturated carbocycles. The highest BCUT2D eigenvalue weighted by atomic mass is 32.2. The number of hydrogen-bond donors (Lipinski definition) is 1. The van der Waals surface area contributed by atoms with Crippen LogP contribution in [0.15, 0.2) is 23.1 Å². The number of nitrogens with zero attached hydrogens (tertiary/aromatic N) is 2. The van der Waals surface area contributed by atoms with E-state index in [1.54, 1.807) is 33.2 Å². The van der Waals surface area contributed by atoms with E-state index in [0.717, 1.165) is 19.3 Å². The van der Waals surface area contributed by atoms with E-state index in [4.69, 9.17) is 0 Å². The number of likely N-dealkylation sites (N-methyl/N-ethyl adjacent to an activating group) is 1. The van der Waals surface area contributed by atoms with Crippen molar-refractivity contribution in [2.75, 3.05) is 33.7 Å². The topological polar surface area (TPSA) is 86.8 Å². The van der Waals surface area contributed by atoms with Crippen LogP contribution in [0.4, 0.5) is 0 Å². The highest BCUT2D eigenvalue weighted by molar-refractivity contribution is 7.89. The fraction of sp³-hybridized carbons (Fsp3) is 0.529. The number of benzene rings is 1. The first-order chi connectivity index (χ1) is 11.7. The van der Waals surface area contributed by atoms with E-state index in [9.17, 15) is 18.0 Å². The lowest BCUT2D eigenvalue weighted by Crippen LogP contribution is -2.37. The van der Waals surface area contributed by atoms with Crippen LogP contribution < -0.4 is 5.32 Å². The molecule has 1 fully saturated rings. The van der Waals surface area contributed by atoms with Crippen LogP contribution in [-0.4, -0.2) is 63.2 Å². The normalized spacial score (nSPS) is 15.6. The predicted octanol–water partition coefficient (Wildman–Crippen LogP) is 0.988. The molecule has 1 aromatic rings. The second kappa shape index (κ2) is 7.97. The Morgan fingerprint density at radius 2 is 1.80 bits per heavy atom. The Labute approximate surface area is 149 Å². The quantitative estimate of drug-likeness (QED) is 0.841. The summed E-state index contributed by atoms with van der Waals surface area (Å²) < 4.78 is 27.2. The second-order valence-electron chi connectivity index (χ2n) is 6.42. The molecule has 1 aliphatic rings. The Kier molecular flexibility index (Phi) is 6.18. The molecular weight excluding hydrogens is 342 g/mol. The maximum atomic E-state index is 12.9. The molecule has 0 unspecified atom stereocenters. The molecule has 0 radical (unpaired) electrons. The SMILES string of the molecule is Cc1ccc(C(=O)NCC(=O)N(C)C)cc1S(=O)(=O)N1CCCCC1. The van der Waals surface area contributed by atoms with Crippen LogP contribution in [0.2, 0.25) is 0 Å². The first kappa shape index (κ1) is 19.4. The summed E-state index contributed by atoms with van der Waals surface area (Å²) in [5.74, 6) is -0.702. The molecule has 7 nitrogen and oxygen atoms in total. The van der Waals surface area contributed by atoms with Crippen molar-refractivity contribution >= 4 is 21.8 Å². The molecule has 0 aromatic heterocycles. The van der Waals surface area contributed by atoms with Gasteiger partial charge in [-0.1, -0.05) is 12.5 Å². The lowest BCUT2D eigenvalue weighted by atomic mass is 10.1. The highest BCUT2D eigenvalue weighted by Gasteiger charge is 2.28. The third-order valence-electron chi connectivity index (χ3n) is 4.28. The van der Waals surface area contributed by atoms with Crippen LogP contribution >= 0.6 is 0 Å².